The van der Waals surface area contributed by atoms with Crippen molar-refractivity contribution in [3.05, 3.63) is 0 Å². The van der Waals surface area contributed by atoms with Crippen molar-refractivity contribution in [2.75, 3.05) is 0 Å². The van der Waals surface area contributed by atoms with E-state index in [1.54, 1.807) is 0 Å². The molecule has 0 unspecified atom stereocenters. The van der Waals surface area contributed by atoms with Gasteiger partial charge in [0.25, 0.3) is 0 Å². The van der Waals surface area contributed by atoms with Crippen LogP contribution in [-0.2, 0) is 31.9 Å². The van der Waals surface area contributed by atoms with E-state index < -0.39 is 0 Å². The Kier molecular flexibility index (Phi) is 225. The second-order valence-corrected chi connectivity index (χ2v) is 0. The van der Waals surface area contributed by atoms with E-state index in [9.17, 15) is 0 Å². The molecule has 0 aliphatic rings. The Morgan fingerprint density at radius 1 is 1.00 bits per heavy atom. The molecule has 0 rings (SSSR count). The van der Waals surface area contributed by atoms with Crippen LogP contribution in [0, 0.1) is 0 Å². The molecule has 0 aliphatic heterocycles. The fourth-order valence-electron chi connectivity index (χ4n) is 0. The van der Waals surface area contributed by atoms with E-state index >= 15 is 0 Å². The first-order chi connectivity index (χ1) is 1.00. The van der Waals surface area contributed by atoms with Crippen molar-refractivity contribution in [2.24, 2.45) is 0 Å². The van der Waals surface area contributed by atoms with Crippen molar-refractivity contribution in [3.63, 3.8) is 0 Å². The third-order valence-corrected chi connectivity index (χ3v) is 0. The minimum absolute atomic E-state index is 0. The molecule has 0 nitrogen and oxygen atoms in total. The molecule has 0 aromatic heterocycles. The van der Waals surface area contributed by atoms with Crippen LogP contribution in [-0.4, -0.2) is 0 Å². The Morgan fingerprint density at radius 3 is 1.00 bits per heavy atom. The molecule has 0 amide bonds. The summed E-state index contributed by atoms with van der Waals surface area (Å²) >= 11 is 2.41. The van der Waals surface area contributed by atoms with Gasteiger partial charge in [0.05, 0.1) is 0 Å². The summed E-state index contributed by atoms with van der Waals surface area (Å²) in [7, 11) is 4.45. The molecule has 0 aromatic carbocycles. The smallest absolute Gasteiger partial charge is 2.00 e. The van der Waals surface area contributed by atoms with Crippen LogP contribution in [0.5, 0.6) is 0 Å². The van der Waals surface area contributed by atoms with Crippen molar-refractivity contribution >= 4 is 10.1 Å². The molecule has 0 N–H and O–H groups in total. The summed E-state index contributed by atoms with van der Waals surface area (Å²) in [5.74, 6) is 0. The normalized spacial score (nSPS) is 1.20. The zero-order valence-electron chi connectivity index (χ0n) is 1.85. The van der Waals surface area contributed by atoms with Crippen LogP contribution in [0.1, 0.15) is 0 Å². The summed E-state index contributed by atoms with van der Waals surface area (Å²) in [6.45, 7) is 0. The van der Waals surface area contributed by atoms with Gasteiger partial charge in [0.1, 0.15) is 0 Å². The van der Waals surface area contributed by atoms with Gasteiger partial charge in [0.2, 0.25) is 0 Å². The van der Waals surface area contributed by atoms with E-state index in [4.69, 9.17) is 0 Å². The molecule has 5 heteroatoms. The first-order valence-corrected chi connectivity index (χ1v) is 1.77. The summed E-state index contributed by atoms with van der Waals surface area (Å²) in [6, 6.07) is 0. The maximum Gasteiger partial charge on any atom is 2.00 e. The molecule has 0 aromatic rings. The first kappa shape index (κ1) is 28.6. The van der Waals surface area contributed by atoms with Gasteiger partial charge < -0.3 is 24.8 Å². The molecule has 0 aliphatic carbocycles. The average molecular weight is 220 g/mol. The Hall–Kier alpha value is 1.90. The minimum atomic E-state index is 0. The molecule has 0 saturated heterocycles. The number of hydrogen-bond donors (Lipinski definition) is 0. The summed E-state index contributed by atoms with van der Waals surface area (Å²) in [5, 5.41) is 0. The predicted molar refractivity (Wildman–Crippen MR) is 5.85 cm³/mol. The number of rotatable bonds is 0. The van der Waals surface area contributed by atoms with E-state index in [0.29, 0.717) is 0 Å². The molecule has 5 heavy (non-hydrogen) atoms. The molecule has 0 bridgehead atoms. The maximum absolute atomic E-state index is 4.45. The van der Waals surface area contributed by atoms with E-state index in [1.807, 2.05) is 0 Å². The van der Waals surface area contributed by atoms with Gasteiger partial charge in [-0.1, -0.05) is 0 Å². The molecule has 0 saturated carbocycles. The molecule has 37 valence electrons. The van der Waals surface area contributed by atoms with Crippen molar-refractivity contribution in [2.45, 2.75) is 0 Å². The summed E-state index contributed by atoms with van der Waals surface area (Å²) in [5.41, 5.74) is 0. The zero-order chi connectivity index (χ0) is 2.00. The molecule has 0 atom stereocenters. The fraction of sp³-hybridized carbons (Fsp3) is 0. The Balaban J connectivity index is -0.00000000167. The molecule has 0 heterocycles. The monoisotopic (exact) mass is 219 g/mol. The van der Waals surface area contributed by atoms with Gasteiger partial charge in [0, 0.05) is 0 Å². The molecule has 1 radical (unpaired) electrons. The van der Waals surface area contributed by atoms with E-state index in [1.165, 1.54) is 0 Å². The molecular formula is Cl3CoMn. The molecule has 0 fully saturated rings. The van der Waals surface area contributed by atoms with Crippen LogP contribution in [0.4, 0.5) is 0 Å². The first-order valence-electron chi connectivity index (χ1n) is 0.143. The van der Waals surface area contributed by atoms with Gasteiger partial charge in [-0.3, -0.25) is 0 Å². The van der Waals surface area contributed by atoms with Crippen molar-refractivity contribution in [1.82, 2.24) is 0 Å². The second-order valence-electron chi connectivity index (χ2n) is 0. The van der Waals surface area contributed by atoms with Crippen LogP contribution >= 0.6 is 10.1 Å². The van der Waals surface area contributed by atoms with Gasteiger partial charge in [-0.05, 0) is 0 Å². The Labute approximate surface area is 66.5 Å². The largest absolute Gasteiger partial charge is 2.00 e. The van der Waals surface area contributed by atoms with Crippen LogP contribution in [0.2, 0.25) is 0 Å². The topological polar surface area (TPSA) is 0 Å². The SMILES string of the molecule is [Cl-].[Cl-].[Cl][Mn].[Co+2]. The molecular weight excluding hydrogens is 220 g/mol. The van der Waals surface area contributed by atoms with Gasteiger partial charge in [-0.25, -0.2) is 0 Å². The third-order valence-electron chi connectivity index (χ3n) is 0. The summed E-state index contributed by atoms with van der Waals surface area (Å²) in [4.78, 5) is 0. The van der Waals surface area contributed by atoms with Crippen molar-refractivity contribution < 1.29 is 56.7 Å². The fourth-order valence-corrected chi connectivity index (χ4v) is 0. The summed E-state index contributed by atoms with van der Waals surface area (Å²) < 4.78 is 0. The Morgan fingerprint density at radius 2 is 1.00 bits per heavy atom. The predicted octanol–water partition coefficient (Wildman–Crippen LogP) is -5.31. The van der Waals surface area contributed by atoms with Gasteiger partial charge in [0.15, 0.2) is 0 Å². The van der Waals surface area contributed by atoms with Crippen LogP contribution < -0.4 is 24.8 Å². The second kappa shape index (κ2) is 39.3. The number of halogens is 3. The minimum Gasteiger partial charge on any atom is 2.00 e. The van der Waals surface area contributed by atoms with Gasteiger partial charge in [-0.2, -0.15) is 0 Å². The van der Waals surface area contributed by atoms with Crippen molar-refractivity contribution in [3.8, 4) is 0 Å². The third kappa shape index (κ3) is 24.9. The number of hydrogen-bond acceptors (Lipinski definition) is 0. The van der Waals surface area contributed by atoms with Gasteiger partial charge >= 0.3 is 42.0 Å². The maximum atomic E-state index is 4.45. The van der Waals surface area contributed by atoms with E-state index in [2.05, 4.69) is 25.2 Å². The molecule has 0 spiro atoms. The standard InChI is InChI=1S/3ClH.Co.Mn/h3*1H;;/q;;;+2;+1/p-3. The quantitative estimate of drug-likeness (QED) is 0.358. The zero-order valence-corrected chi connectivity index (χ0v) is 6.33. The van der Waals surface area contributed by atoms with Crippen LogP contribution in [0.3, 0.4) is 0 Å². The van der Waals surface area contributed by atoms with Gasteiger partial charge in [-0.15, -0.1) is 0 Å². The van der Waals surface area contributed by atoms with Crippen LogP contribution in [0.25, 0.3) is 0 Å². The van der Waals surface area contributed by atoms with Crippen molar-refractivity contribution in [1.29, 1.82) is 0 Å². The van der Waals surface area contributed by atoms with E-state index in [0.717, 1.165) is 0 Å². The summed E-state index contributed by atoms with van der Waals surface area (Å²) in [6.07, 6.45) is 0. The average Bonchev–Trinajstić information content (AvgIpc) is 1.00. The van der Waals surface area contributed by atoms with E-state index in [-0.39, 0.29) is 41.6 Å². The van der Waals surface area contributed by atoms with Crippen LogP contribution in [0.15, 0.2) is 0 Å². The Bertz CT molecular complexity index is 6.85.